The molecular formula is C32H41N9O4. The molecule has 3 fully saturated rings. The summed E-state index contributed by atoms with van der Waals surface area (Å²) >= 11 is 0. The number of nitrogens with zero attached hydrogens (tertiary/aromatic N) is 6. The molecule has 13 nitrogen and oxygen atoms in total. The zero-order valence-corrected chi connectivity index (χ0v) is 25.9. The smallest absolute Gasteiger partial charge is 0.270 e. The predicted octanol–water partition coefficient (Wildman–Crippen LogP) is 1.65. The van der Waals surface area contributed by atoms with E-state index in [9.17, 15) is 14.4 Å². The van der Waals surface area contributed by atoms with Gasteiger partial charge in [0.25, 0.3) is 5.91 Å². The minimum atomic E-state index is -0.720. The van der Waals surface area contributed by atoms with E-state index in [4.69, 9.17) is 10.5 Å². The number of nitrogens with one attached hydrogen (secondary N) is 2. The molecule has 1 aromatic carbocycles. The fourth-order valence-corrected chi connectivity index (χ4v) is 6.50. The SMILES string of the molecule is COc1cc(N2CCC(CN3CCN(c4ccc(C(=O)NC5CCC(=O)NC5=O)nc4)CC3)CC2)c(-c2cnn(C)c2)cc1N. The molecule has 45 heavy (non-hydrogen) atoms. The fourth-order valence-electron chi connectivity index (χ4n) is 6.50. The number of amides is 3. The van der Waals surface area contributed by atoms with Crippen LogP contribution in [0, 0.1) is 5.92 Å². The molecule has 5 heterocycles. The number of anilines is 3. The van der Waals surface area contributed by atoms with Crippen molar-refractivity contribution in [2.75, 3.05) is 68.5 Å². The van der Waals surface area contributed by atoms with Crippen LogP contribution in [0.15, 0.2) is 42.9 Å². The largest absolute Gasteiger partial charge is 0.495 e. The standard InChI is InChI=1S/C32H41N9O4/c1-38-20-22(17-35-38)24-15-25(33)29(45-2)16-28(24)41-9-7-21(8-10-41)19-39-11-13-40(14-12-39)23-3-4-26(34-18-23)31(43)36-27-5-6-30(42)37-32(27)44/h3-4,15-18,20-21,27H,5-14,19,33H2,1-2H3,(H,36,43)(H,37,42,44). The third kappa shape index (κ3) is 6.88. The zero-order chi connectivity index (χ0) is 31.5. The molecule has 3 saturated heterocycles. The summed E-state index contributed by atoms with van der Waals surface area (Å²) in [5.41, 5.74) is 11.4. The Balaban J connectivity index is 0.985. The number of carbonyl (C=O) groups is 3. The number of ether oxygens (including phenoxy) is 1. The second-order valence-electron chi connectivity index (χ2n) is 12.1. The lowest BCUT2D eigenvalue weighted by Gasteiger charge is -2.40. The Morgan fingerprint density at radius 1 is 1.04 bits per heavy atom. The average molecular weight is 616 g/mol. The Bertz CT molecular complexity index is 1540. The van der Waals surface area contributed by atoms with Crippen LogP contribution in [-0.2, 0) is 16.6 Å². The minimum Gasteiger partial charge on any atom is -0.495 e. The van der Waals surface area contributed by atoms with Crippen molar-refractivity contribution in [2.24, 2.45) is 13.0 Å². The van der Waals surface area contributed by atoms with Crippen molar-refractivity contribution < 1.29 is 19.1 Å². The molecule has 6 rings (SSSR count). The first-order chi connectivity index (χ1) is 21.8. The predicted molar refractivity (Wildman–Crippen MR) is 171 cm³/mol. The summed E-state index contributed by atoms with van der Waals surface area (Å²) in [5.74, 6) is 0.116. The molecule has 3 aromatic rings. The highest BCUT2D eigenvalue weighted by Gasteiger charge is 2.29. The number of hydrogen-bond acceptors (Lipinski definition) is 10. The van der Waals surface area contributed by atoms with Crippen molar-refractivity contribution in [3.63, 3.8) is 0 Å². The number of piperidine rings is 2. The second kappa shape index (κ2) is 13.1. The van der Waals surface area contributed by atoms with Gasteiger partial charge in [-0.1, -0.05) is 0 Å². The normalized spacial score (nSPS) is 19.8. The van der Waals surface area contributed by atoms with Crippen LogP contribution in [0.4, 0.5) is 17.1 Å². The van der Waals surface area contributed by atoms with Crippen molar-refractivity contribution in [3.05, 3.63) is 48.5 Å². The maximum Gasteiger partial charge on any atom is 0.270 e. The van der Waals surface area contributed by atoms with Gasteiger partial charge in [-0.05, 0) is 43.4 Å². The van der Waals surface area contributed by atoms with Crippen LogP contribution in [0.2, 0.25) is 0 Å². The van der Waals surface area contributed by atoms with Gasteiger partial charge in [-0.25, -0.2) is 4.98 Å². The summed E-state index contributed by atoms with van der Waals surface area (Å²) in [6.07, 6.45) is 8.35. The van der Waals surface area contributed by atoms with Crippen molar-refractivity contribution >= 4 is 34.8 Å². The first-order valence-corrected chi connectivity index (χ1v) is 15.6. The lowest BCUT2D eigenvalue weighted by Crippen LogP contribution is -2.52. The summed E-state index contributed by atoms with van der Waals surface area (Å²) < 4.78 is 7.37. The van der Waals surface area contributed by atoms with Gasteiger partial charge in [0.05, 0.1) is 30.9 Å². The Kier molecular flexibility index (Phi) is 8.87. The van der Waals surface area contributed by atoms with Crippen molar-refractivity contribution in [2.45, 2.75) is 31.7 Å². The summed E-state index contributed by atoms with van der Waals surface area (Å²) in [6, 6.07) is 6.93. The fraction of sp³-hybridized carbons (Fsp3) is 0.469. The number of piperazine rings is 1. The molecule has 0 bridgehead atoms. The number of aryl methyl sites for hydroxylation is 1. The summed E-state index contributed by atoms with van der Waals surface area (Å²) in [5, 5.41) is 9.29. The Labute approximate surface area is 262 Å². The van der Waals surface area contributed by atoms with Crippen LogP contribution in [-0.4, -0.2) is 96.4 Å². The minimum absolute atomic E-state index is 0.209. The van der Waals surface area contributed by atoms with Crippen LogP contribution in [0.3, 0.4) is 0 Å². The van der Waals surface area contributed by atoms with Gasteiger partial charge in [0.15, 0.2) is 0 Å². The third-order valence-electron chi connectivity index (χ3n) is 9.10. The molecule has 3 aliphatic heterocycles. The number of hydrogen-bond donors (Lipinski definition) is 3. The van der Waals surface area contributed by atoms with Crippen LogP contribution < -0.4 is 30.9 Å². The summed E-state index contributed by atoms with van der Waals surface area (Å²) in [6.45, 7) is 6.75. The highest BCUT2D eigenvalue weighted by Crippen LogP contribution is 2.39. The van der Waals surface area contributed by atoms with Crippen molar-refractivity contribution in [1.29, 1.82) is 0 Å². The monoisotopic (exact) mass is 615 g/mol. The number of methoxy groups -OCH3 is 1. The van der Waals surface area contributed by atoms with Gasteiger partial charge in [-0.2, -0.15) is 5.10 Å². The maximum absolute atomic E-state index is 12.6. The number of nitrogen functional groups attached to an aromatic ring is 1. The number of nitrogens with two attached hydrogens (primary N) is 1. The van der Waals surface area contributed by atoms with Crippen molar-refractivity contribution in [3.8, 4) is 16.9 Å². The molecule has 0 spiro atoms. The van der Waals surface area contributed by atoms with Crippen LogP contribution in [0.1, 0.15) is 36.2 Å². The van der Waals surface area contributed by atoms with Gasteiger partial charge in [0.2, 0.25) is 11.8 Å². The van der Waals surface area contributed by atoms with E-state index in [1.165, 1.54) is 0 Å². The van der Waals surface area contributed by atoms with Crippen molar-refractivity contribution in [1.82, 2.24) is 30.3 Å². The zero-order valence-electron chi connectivity index (χ0n) is 25.9. The first-order valence-electron chi connectivity index (χ1n) is 15.6. The van der Waals surface area contributed by atoms with E-state index in [0.29, 0.717) is 23.8 Å². The molecular weight excluding hydrogens is 574 g/mol. The van der Waals surface area contributed by atoms with E-state index >= 15 is 0 Å². The van der Waals surface area contributed by atoms with Gasteiger partial charge in [-0.3, -0.25) is 29.3 Å². The van der Waals surface area contributed by atoms with Gasteiger partial charge >= 0.3 is 0 Å². The second-order valence-corrected chi connectivity index (χ2v) is 12.1. The molecule has 13 heteroatoms. The van der Waals surface area contributed by atoms with Crippen LogP contribution >= 0.6 is 0 Å². The quantitative estimate of drug-likeness (QED) is 0.252. The molecule has 0 aliphatic carbocycles. The number of pyridine rings is 1. The number of carbonyl (C=O) groups excluding carboxylic acids is 3. The highest BCUT2D eigenvalue weighted by atomic mass is 16.5. The van der Waals surface area contributed by atoms with Crippen LogP contribution in [0.25, 0.3) is 11.1 Å². The number of benzene rings is 1. The average Bonchev–Trinajstić information content (AvgIpc) is 3.49. The number of imide groups is 1. The lowest BCUT2D eigenvalue weighted by atomic mass is 9.94. The van der Waals surface area contributed by atoms with Gasteiger partial charge in [0, 0.05) is 88.4 Å². The van der Waals surface area contributed by atoms with E-state index in [1.807, 2.05) is 36.3 Å². The molecule has 3 aliphatic rings. The molecule has 1 atom stereocenters. The number of rotatable bonds is 8. The molecule has 2 aromatic heterocycles. The van der Waals surface area contributed by atoms with Gasteiger partial charge < -0.3 is 25.6 Å². The maximum atomic E-state index is 12.6. The van der Waals surface area contributed by atoms with Gasteiger partial charge in [0.1, 0.15) is 17.5 Å². The first kappa shape index (κ1) is 30.4. The van der Waals surface area contributed by atoms with E-state index in [-0.39, 0.29) is 18.0 Å². The topological polar surface area (TPSA) is 151 Å². The van der Waals surface area contributed by atoms with E-state index in [2.05, 4.69) is 41.5 Å². The Hall–Kier alpha value is -4.65. The Morgan fingerprint density at radius 2 is 1.82 bits per heavy atom. The van der Waals surface area contributed by atoms with E-state index in [0.717, 1.165) is 81.2 Å². The molecule has 3 amide bonds. The summed E-state index contributed by atoms with van der Waals surface area (Å²) in [7, 11) is 3.57. The molecule has 0 radical (unpaired) electrons. The van der Waals surface area contributed by atoms with E-state index in [1.54, 1.807) is 19.4 Å². The highest BCUT2D eigenvalue weighted by molar-refractivity contribution is 6.03. The Morgan fingerprint density at radius 3 is 2.47 bits per heavy atom. The molecule has 0 saturated carbocycles. The molecule has 1 unspecified atom stereocenters. The molecule has 238 valence electrons. The van der Waals surface area contributed by atoms with E-state index < -0.39 is 17.9 Å². The number of aromatic nitrogens is 3. The lowest BCUT2D eigenvalue weighted by molar-refractivity contribution is -0.134. The molecule has 4 N–H and O–H groups in total. The summed E-state index contributed by atoms with van der Waals surface area (Å²) in [4.78, 5) is 47.6. The van der Waals surface area contributed by atoms with Gasteiger partial charge in [-0.15, -0.1) is 0 Å². The third-order valence-corrected chi connectivity index (χ3v) is 9.10. The van der Waals surface area contributed by atoms with Crippen LogP contribution in [0.5, 0.6) is 5.75 Å².